The molecule has 0 aromatic rings. The fourth-order valence-electron chi connectivity index (χ4n) is 2.74. The highest BCUT2D eigenvalue weighted by Crippen LogP contribution is 2.27. The second-order valence-corrected chi connectivity index (χ2v) is 4.84. The molecule has 0 N–H and O–H groups in total. The van der Waals surface area contributed by atoms with E-state index >= 15 is 0 Å². The molecule has 0 spiro atoms. The van der Waals surface area contributed by atoms with Gasteiger partial charge in [0, 0.05) is 25.7 Å². The van der Waals surface area contributed by atoms with Gasteiger partial charge >= 0.3 is 0 Å². The molecule has 2 aliphatic heterocycles. The van der Waals surface area contributed by atoms with Gasteiger partial charge in [0.25, 0.3) is 0 Å². The van der Waals surface area contributed by atoms with Crippen LogP contribution >= 0.6 is 0 Å². The summed E-state index contributed by atoms with van der Waals surface area (Å²) in [6.45, 7) is 6.12. The second kappa shape index (κ2) is 2.86. The van der Waals surface area contributed by atoms with Crippen LogP contribution in [0, 0.1) is 0 Å². The zero-order valence-corrected chi connectivity index (χ0v) is 8.40. The quantitative estimate of drug-likeness (QED) is 0.487. The molecule has 12 heavy (non-hydrogen) atoms. The molecule has 0 saturated carbocycles. The Hall–Kier alpha value is -0.330. The highest BCUT2D eigenvalue weighted by atomic mass is 15.1. The van der Waals surface area contributed by atoms with Crippen LogP contribution in [0.3, 0.4) is 0 Å². The molecule has 2 rings (SSSR count). The van der Waals surface area contributed by atoms with Crippen molar-refractivity contribution in [2.75, 3.05) is 6.54 Å². The molecule has 0 bridgehead atoms. The summed E-state index contributed by atoms with van der Waals surface area (Å²) >= 11 is 0. The zero-order chi connectivity index (χ0) is 8.60. The van der Waals surface area contributed by atoms with Gasteiger partial charge < -0.3 is 0 Å². The average molecular weight is 166 g/mol. The van der Waals surface area contributed by atoms with Gasteiger partial charge in [-0.2, -0.15) is 0 Å². The smallest absolute Gasteiger partial charge is 0.156 e. The normalized spacial score (nSPS) is 28.5. The molecule has 1 heteroatoms. The zero-order valence-electron chi connectivity index (χ0n) is 8.40. The van der Waals surface area contributed by atoms with Crippen LogP contribution < -0.4 is 0 Å². The molecular weight excluding hydrogens is 146 g/mol. The van der Waals surface area contributed by atoms with Crippen molar-refractivity contribution in [2.24, 2.45) is 0 Å². The Labute approximate surface area is 75.5 Å². The Morgan fingerprint density at radius 2 is 1.83 bits per heavy atom. The fourth-order valence-corrected chi connectivity index (χ4v) is 2.74. The molecule has 2 aliphatic rings. The van der Waals surface area contributed by atoms with Gasteiger partial charge in [0.1, 0.15) is 6.54 Å². The molecule has 0 aromatic heterocycles. The van der Waals surface area contributed by atoms with Crippen LogP contribution in [0.5, 0.6) is 0 Å². The maximum atomic E-state index is 2.68. The predicted molar refractivity (Wildman–Crippen MR) is 51.9 cm³/mol. The van der Waals surface area contributed by atoms with E-state index in [1.165, 1.54) is 45.1 Å². The van der Waals surface area contributed by atoms with Gasteiger partial charge in [-0.15, -0.1) is 0 Å². The first-order chi connectivity index (χ1) is 5.70. The van der Waals surface area contributed by atoms with Crippen LogP contribution in [0.4, 0.5) is 0 Å². The fraction of sp³-hybridized carbons (Fsp3) is 0.909. The highest BCUT2D eigenvalue weighted by Gasteiger charge is 2.37. The van der Waals surface area contributed by atoms with E-state index in [1.54, 1.807) is 5.71 Å². The summed E-state index contributed by atoms with van der Waals surface area (Å²) in [5.41, 5.74) is 2.21. The maximum Gasteiger partial charge on any atom is 0.156 e. The van der Waals surface area contributed by atoms with Crippen LogP contribution in [-0.2, 0) is 0 Å². The first-order valence-corrected chi connectivity index (χ1v) is 5.32. The first kappa shape index (κ1) is 8.28. The van der Waals surface area contributed by atoms with Gasteiger partial charge in [-0.1, -0.05) is 0 Å². The van der Waals surface area contributed by atoms with E-state index in [4.69, 9.17) is 0 Å². The first-order valence-electron chi connectivity index (χ1n) is 5.32. The van der Waals surface area contributed by atoms with Crippen molar-refractivity contribution in [1.29, 1.82) is 0 Å². The summed E-state index contributed by atoms with van der Waals surface area (Å²) < 4.78 is 2.68. The van der Waals surface area contributed by atoms with Gasteiger partial charge in [-0.25, -0.2) is 4.58 Å². The van der Waals surface area contributed by atoms with E-state index in [0.717, 1.165) is 0 Å². The van der Waals surface area contributed by atoms with Crippen LogP contribution in [0.25, 0.3) is 0 Å². The van der Waals surface area contributed by atoms with Crippen molar-refractivity contribution in [3.05, 3.63) is 0 Å². The predicted octanol–water partition coefficient (Wildman–Crippen LogP) is 2.59. The number of hydrogen-bond donors (Lipinski definition) is 0. The molecule has 0 radical (unpaired) electrons. The third-order valence-corrected chi connectivity index (χ3v) is 3.46. The molecule has 0 atom stereocenters. The van der Waals surface area contributed by atoms with Crippen LogP contribution in [0.15, 0.2) is 0 Å². The van der Waals surface area contributed by atoms with Gasteiger partial charge in [-0.3, -0.25) is 0 Å². The van der Waals surface area contributed by atoms with Crippen molar-refractivity contribution in [2.45, 2.75) is 57.9 Å². The van der Waals surface area contributed by atoms with E-state index in [2.05, 4.69) is 18.4 Å². The van der Waals surface area contributed by atoms with Crippen LogP contribution in [-0.4, -0.2) is 22.4 Å². The van der Waals surface area contributed by atoms with Gasteiger partial charge in [-0.05, 0) is 26.7 Å². The summed E-state index contributed by atoms with van der Waals surface area (Å²) in [4.78, 5) is 0. The Kier molecular flexibility index (Phi) is 1.97. The third kappa shape index (κ3) is 1.30. The third-order valence-electron chi connectivity index (χ3n) is 3.46. The molecule has 0 unspecified atom stereocenters. The Morgan fingerprint density at radius 3 is 2.58 bits per heavy atom. The monoisotopic (exact) mass is 166 g/mol. The van der Waals surface area contributed by atoms with E-state index < -0.39 is 0 Å². The molecule has 2 heterocycles. The lowest BCUT2D eigenvalue weighted by atomic mass is 9.87. The Balaban J connectivity index is 2.30. The van der Waals surface area contributed by atoms with Crippen molar-refractivity contribution in [3.63, 3.8) is 0 Å². The van der Waals surface area contributed by atoms with Gasteiger partial charge in [0.05, 0.1) is 0 Å². The topological polar surface area (TPSA) is 3.01 Å². The van der Waals surface area contributed by atoms with Gasteiger partial charge in [0.2, 0.25) is 0 Å². The lowest BCUT2D eigenvalue weighted by molar-refractivity contribution is -0.611. The minimum Gasteiger partial charge on any atom is -0.232 e. The van der Waals surface area contributed by atoms with E-state index in [9.17, 15) is 0 Å². The standard InChI is InChI=1S/C11H20N/c1-11(2)8-5-7-10-6-3-4-9-12(10)11/h3-9H2,1-2H3/q+1. The number of nitrogens with zero attached hydrogens (tertiary/aromatic N) is 1. The summed E-state index contributed by atoms with van der Waals surface area (Å²) in [6, 6.07) is 0. The van der Waals surface area contributed by atoms with Crippen molar-refractivity contribution in [3.8, 4) is 0 Å². The van der Waals surface area contributed by atoms with E-state index in [-0.39, 0.29) is 0 Å². The molecular formula is C11H20N+. The highest BCUT2D eigenvalue weighted by molar-refractivity contribution is 5.80. The second-order valence-electron chi connectivity index (χ2n) is 4.84. The summed E-state index contributed by atoms with van der Waals surface area (Å²) in [5.74, 6) is 0. The summed E-state index contributed by atoms with van der Waals surface area (Å²) in [7, 11) is 0. The minimum atomic E-state index is 0.466. The molecule has 0 aliphatic carbocycles. The Bertz CT molecular complexity index is 209. The van der Waals surface area contributed by atoms with Crippen LogP contribution in [0.1, 0.15) is 52.4 Å². The SMILES string of the molecule is CC1(C)CCCC2=[N+]1CCCC2. The van der Waals surface area contributed by atoms with E-state index in [0.29, 0.717) is 5.54 Å². The van der Waals surface area contributed by atoms with Crippen molar-refractivity contribution < 1.29 is 4.58 Å². The largest absolute Gasteiger partial charge is 0.232 e. The molecule has 0 saturated heterocycles. The molecule has 0 aromatic carbocycles. The van der Waals surface area contributed by atoms with E-state index in [1.807, 2.05) is 0 Å². The maximum absolute atomic E-state index is 2.68. The molecule has 68 valence electrons. The number of hydrogen-bond acceptors (Lipinski definition) is 0. The molecule has 0 amide bonds. The molecule has 0 fully saturated rings. The number of rotatable bonds is 0. The minimum absolute atomic E-state index is 0.466. The van der Waals surface area contributed by atoms with Crippen LogP contribution in [0.2, 0.25) is 0 Å². The summed E-state index contributed by atoms with van der Waals surface area (Å²) in [5, 5.41) is 0. The molecule has 1 nitrogen and oxygen atoms in total. The Morgan fingerprint density at radius 1 is 1.08 bits per heavy atom. The lowest BCUT2D eigenvalue weighted by Crippen LogP contribution is -2.45. The lowest BCUT2D eigenvalue weighted by Gasteiger charge is -2.31. The summed E-state index contributed by atoms with van der Waals surface area (Å²) in [6.07, 6.45) is 8.40. The van der Waals surface area contributed by atoms with Gasteiger partial charge in [0.15, 0.2) is 11.3 Å². The van der Waals surface area contributed by atoms with Crippen molar-refractivity contribution in [1.82, 2.24) is 0 Å². The average Bonchev–Trinajstić information content (AvgIpc) is 2.04. The van der Waals surface area contributed by atoms with Crippen molar-refractivity contribution >= 4 is 5.71 Å².